The molecule has 4 heteroatoms. The van der Waals surface area contributed by atoms with E-state index < -0.39 is 0 Å². The van der Waals surface area contributed by atoms with Gasteiger partial charge in [-0.15, -0.1) is 0 Å². The lowest BCUT2D eigenvalue weighted by Gasteiger charge is -2.32. The Kier molecular flexibility index (Phi) is 5.64. The molecule has 0 spiro atoms. The van der Waals surface area contributed by atoms with E-state index in [2.05, 4.69) is 4.90 Å². The average Bonchev–Trinajstić information content (AvgIpc) is 2.91. The van der Waals surface area contributed by atoms with Crippen molar-refractivity contribution in [2.45, 2.75) is 51.0 Å². The van der Waals surface area contributed by atoms with Crippen molar-refractivity contribution < 1.29 is 14.6 Å². The van der Waals surface area contributed by atoms with E-state index in [1.807, 2.05) is 0 Å². The van der Waals surface area contributed by atoms with Crippen LogP contribution in [0.25, 0.3) is 0 Å². The number of aliphatic hydroxyl groups excluding tert-OH is 1. The van der Waals surface area contributed by atoms with Gasteiger partial charge < -0.3 is 14.7 Å². The first-order chi connectivity index (χ1) is 9.19. The van der Waals surface area contributed by atoms with Gasteiger partial charge in [0.05, 0.1) is 19.1 Å². The smallest absolute Gasteiger partial charge is 0.308 e. The minimum Gasteiger partial charge on any atom is -0.469 e. The van der Waals surface area contributed by atoms with E-state index >= 15 is 0 Å². The van der Waals surface area contributed by atoms with Crippen molar-refractivity contribution in [3.63, 3.8) is 0 Å². The van der Waals surface area contributed by atoms with Gasteiger partial charge in [0.15, 0.2) is 0 Å². The quantitative estimate of drug-likeness (QED) is 0.773. The highest BCUT2D eigenvalue weighted by Crippen LogP contribution is 2.29. The third-order valence-corrected chi connectivity index (χ3v) is 4.67. The lowest BCUT2D eigenvalue weighted by molar-refractivity contribution is -0.147. The highest BCUT2D eigenvalue weighted by Gasteiger charge is 2.27. The van der Waals surface area contributed by atoms with Gasteiger partial charge in [-0.05, 0) is 38.3 Å². The number of aliphatic hydroxyl groups is 1. The van der Waals surface area contributed by atoms with Crippen LogP contribution in [0.5, 0.6) is 0 Å². The molecule has 0 radical (unpaired) electrons. The molecule has 4 nitrogen and oxygen atoms in total. The summed E-state index contributed by atoms with van der Waals surface area (Å²) in [5.74, 6) is 0.724. The highest BCUT2D eigenvalue weighted by atomic mass is 16.5. The number of piperidine rings is 1. The summed E-state index contributed by atoms with van der Waals surface area (Å²) < 4.78 is 4.79. The van der Waals surface area contributed by atoms with Crippen LogP contribution in [0.3, 0.4) is 0 Å². The molecule has 1 unspecified atom stereocenters. The second kappa shape index (κ2) is 7.25. The maximum absolute atomic E-state index is 11.4. The van der Waals surface area contributed by atoms with Crippen LogP contribution in [0, 0.1) is 11.8 Å². The molecule has 1 aliphatic heterocycles. The monoisotopic (exact) mass is 269 g/mol. The summed E-state index contributed by atoms with van der Waals surface area (Å²) in [6, 6.07) is 0. The molecule has 0 aromatic rings. The lowest BCUT2D eigenvalue weighted by Crippen LogP contribution is -2.41. The van der Waals surface area contributed by atoms with Crippen molar-refractivity contribution in [1.29, 1.82) is 0 Å². The summed E-state index contributed by atoms with van der Waals surface area (Å²) in [7, 11) is 1.46. The van der Waals surface area contributed by atoms with Crippen molar-refractivity contribution >= 4 is 5.97 Å². The van der Waals surface area contributed by atoms with E-state index in [9.17, 15) is 9.90 Å². The molecule has 1 N–H and O–H groups in total. The Bertz CT molecular complexity index is 281. The minimum atomic E-state index is -0.197. The van der Waals surface area contributed by atoms with Crippen LogP contribution in [-0.4, -0.2) is 48.8 Å². The van der Waals surface area contributed by atoms with Gasteiger partial charge in [0, 0.05) is 6.54 Å². The van der Waals surface area contributed by atoms with Crippen molar-refractivity contribution in [3.8, 4) is 0 Å². The maximum Gasteiger partial charge on any atom is 0.308 e. The number of nitrogens with zero attached hydrogens (tertiary/aromatic N) is 1. The molecule has 0 amide bonds. The number of hydrogen-bond donors (Lipinski definition) is 1. The third kappa shape index (κ3) is 4.46. The van der Waals surface area contributed by atoms with Crippen molar-refractivity contribution in [1.82, 2.24) is 4.90 Å². The summed E-state index contributed by atoms with van der Waals surface area (Å²) in [6.45, 7) is 2.58. The van der Waals surface area contributed by atoms with Gasteiger partial charge in [0.2, 0.25) is 0 Å². The molecular formula is C15H27NO3. The minimum absolute atomic E-state index is 0.0632. The fourth-order valence-electron chi connectivity index (χ4n) is 3.52. The van der Waals surface area contributed by atoms with Crippen LogP contribution in [0.15, 0.2) is 0 Å². The Balaban J connectivity index is 1.65. The van der Waals surface area contributed by atoms with Gasteiger partial charge in [0.25, 0.3) is 0 Å². The molecule has 19 heavy (non-hydrogen) atoms. The summed E-state index contributed by atoms with van der Waals surface area (Å²) in [5, 5.41) is 10.1. The Morgan fingerprint density at radius 1 is 1.26 bits per heavy atom. The molecule has 1 atom stereocenters. The standard InChI is InChI=1S/C15H27NO3/c1-19-15(18)13-6-8-16(9-7-13)11-14(17)10-12-4-2-3-5-12/h12-14,17H,2-11H2,1H3. The molecule has 0 aromatic carbocycles. The number of β-amino-alcohol motifs (C(OH)–C–C–N with tert-alkyl or cyclic N) is 1. The van der Waals surface area contributed by atoms with Gasteiger partial charge in [-0.1, -0.05) is 25.7 Å². The number of likely N-dealkylation sites (tertiary alicyclic amines) is 1. The SMILES string of the molecule is COC(=O)C1CCN(CC(O)CC2CCCC2)CC1. The van der Waals surface area contributed by atoms with E-state index in [1.165, 1.54) is 32.8 Å². The summed E-state index contributed by atoms with van der Waals surface area (Å²) in [6.07, 6.45) is 7.74. The topological polar surface area (TPSA) is 49.8 Å². The Morgan fingerprint density at radius 3 is 2.47 bits per heavy atom. The molecule has 1 aliphatic carbocycles. The van der Waals surface area contributed by atoms with E-state index in [-0.39, 0.29) is 18.0 Å². The van der Waals surface area contributed by atoms with Crippen LogP contribution in [0.2, 0.25) is 0 Å². The molecular weight excluding hydrogens is 242 g/mol. The molecule has 1 saturated carbocycles. The summed E-state index contributed by atoms with van der Waals surface area (Å²) in [5.41, 5.74) is 0. The number of carbonyl (C=O) groups is 1. The zero-order chi connectivity index (χ0) is 13.7. The highest BCUT2D eigenvalue weighted by molar-refractivity contribution is 5.72. The van der Waals surface area contributed by atoms with Crippen molar-refractivity contribution in [2.24, 2.45) is 11.8 Å². The number of hydrogen-bond acceptors (Lipinski definition) is 4. The molecule has 1 heterocycles. The first-order valence-corrected chi connectivity index (χ1v) is 7.67. The number of ether oxygens (including phenoxy) is 1. The zero-order valence-corrected chi connectivity index (χ0v) is 12.0. The predicted octanol–water partition coefficient (Wildman–Crippen LogP) is 1.81. The molecule has 2 fully saturated rings. The van der Waals surface area contributed by atoms with E-state index in [0.717, 1.165) is 44.8 Å². The van der Waals surface area contributed by atoms with Crippen molar-refractivity contribution in [3.05, 3.63) is 0 Å². The molecule has 0 aromatic heterocycles. The Hall–Kier alpha value is -0.610. The fourth-order valence-corrected chi connectivity index (χ4v) is 3.52. The van der Waals surface area contributed by atoms with Crippen LogP contribution in [-0.2, 0) is 9.53 Å². The number of methoxy groups -OCH3 is 1. The van der Waals surface area contributed by atoms with E-state index in [4.69, 9.17) is 4.74 Å². The Morgan fingerprint density at radius 2 is 1.89 bits per heavy atom. The lowest BCUT2D eigenvalue weighted by atomic mass is 9.95. The second-order valence-corrected chi connectivity index (χ2v) is 6.14. The van der Waals surface area contributed by atoms with Crippen molar-refractivity contribution in [2.75, 3.05) is 26.7 Å². The van der Waals surface area contributed by atoms with Crippen LogP contribution >= 0.6 is 0 Å². The molecule has 2 rings (SSSR count). The number of carbonyl (C=O) groups excluding carboxylic acids is 1. The third-order valence-electron chi connectivity index (χ3n) is 4.67. The normalized spacial score (nSPS) is 24.5. The van der Waals surface area contributed by atoms with E-state index in [1.54, 1.807) is 0 Å². The average molecular weight is 269 g/mol. The number of rotatable bonds is 5. The van der Waals surface area contributed by atoms with Gasteiger partial charge in [0.1, 0.15) is 0 Å². The molecule has 0 bridgehead atoms. The van der Waals surface area contributed by atoms with Gasteiger partial charge >= 0.3 is 5.97 Å². The number of esters is 1. The summed E-state index contributed by atoms with van der Waals surface area (Å²) >= 11 is 0. The molecule has 1 saturated heterocycles. The van der Waals surface area contributed by atoms with Gasteiger partial charge in [-0.2, -0.15) is 0 Å². The van der Waals surface area contributed by atoms with Crippen LogP contribution in [0.1, 0.15) is 44.9 Å². The predicted molar refractivity (Wildman–Crippen MR) is 73.8 cm³/mol. The Labute approximate surface area is 116 Å². The first-order valence-electron chi connectivity index (χ1n) is 7.67. The largest absolute Gasteiger partial charge is 0.469 e. The van der Waals surface area contributed by atoms with Crippen LogP contribution in [0.4, 0.5) is 0 Å². The molecule has 2 aliphatic rings. The summed E-state index contributed by atoms with van der Waals surface area (Å²) in [4.78, 5) is 13.7. The van der Waals surface area contributed by atoms with Gasteiger partial charge in [-0.3, -0.25) is 4.79 Å². The first kappa shape index (κ1) is 14.8. The second-order valence-electron chi connectivity index (χ2n) is 6.14. The molecule has 110 valence electrons. The fraction of sp³-hybridized carbons (Fsp3) is 0.933. The van der Waals surface area contributed by atoms with E-state index in [0.29, 0.717) is 0 Å². The van der Waals surface area contributed by atoms with Crippen LogP contribution < -0.4 is 0 Å². The maximum atomic E-state index is 11.4. The zero-order valence-electron chi connectivity index (χ0n) is 12.0. The van der Waals surface area contributed by atoms with Gasteiger partial charge in [-0.25, -0.2) is 0 Å².